The van der Waals surface area contributed by atoms with Crippen LogP contribution in [0, 0.1) is 0 Å². The largest absolute Gasteiger partial charge is 0.484 e. The monoisotopic (exact) mass is 328 g/mol. The second kappa shape index (κ2) is 10.5. The van der Waals surface area contributed by atoms with Crippen molar-refractivity contribution in [2.45, 2.75) is 52.6 Å². The lowest BCUT2D eigenvalue weighted by Crippen LogP contribution is -2.43. The fourth-order valence-corrected chi connectivity index (χ4v) is 1.84. The zero-order valence-corrected chi connectivity index (χ0v) is 14.9. The molecule has 0 unspecified atom stereocenters. The summed E-state index contributed by atoms with van der Waals surface area (Å²) in [7, 11) is 0. The fraction of sp³-hybridized carbons (Fsp3) is 0.588. The first-order valence-electron chi connectivity index (χ1n) is 7.64. The number of ether oxygens (including phenoxy) is 1. The number of hydrogen-bond donors (Lipinski definition) is 2. The molecule has 1 aromatic rings. The number of benzene rings is 1. The maximum Gasteiger partial charge on any atom is 0.258 e. The van der Waals surface area contributed by atoms with Gasteiger partial charge in [0.2, 0.25) is 0 Å². The molecule has 0 saturated heterocycles. The molecule has 0 heterocycles. The van der Waals surface area contributed by atoms with Crippen molar-refractivity contribution in [3.05, 3.63) is 29.8 Å². The topological polar surface area (TPSA) is 50.4 Å². The number of nitrogens with one attached hydrogen (secondary N) is 2. The van der Waals surface area contributed by atoms with E-state index in [1.54, 1.807) is 0 Å². The van der Waals surface area contributed by atoms with Crippen LogP contribution in [-0.2, 0) is 11.3 Å². The predicted molar refractivity (Wildman–Crippen MR) is 93.7 cm³/mol. The summed E-state index contributed by atoms with van der Waals surface area (Å²) in [4.78, 5) is 11.7. The van der Waals surface area contributed by atoms with Crippen LogP contribution in [0.2, 0.25) is 0 Å². The third-order valence-corrected chi connectivity index (χ3v) is 2.84. The molecule has 0 radical (unpaired) electrons. The van der Waals surface area contributed by atoms with E-state index in [-0.39, 0.29) is 30.5 Å². The van der Waals surface area contributed by atoms with Crippen LogP contribution in [0.4, 0.5) is 0 Å². The van der Waals surface area contributed by atoms with Gasteiger partial charge in [-0.2, -0.15) is 0 Å². The fourth-order valence-electron chi connectivity index (χ4n) is 1.84. The Morgan fingerprint density at radius 1 is 1.18 bits per heavy atom. The zero-order chi connectivity index (χ0) is 15.7. The molecule has 1 amide bonds. The molecule has 0 saturated carbocycles. The quantitative estimate of drug-likeness (QED) is 0.720. The van der Waals surface area contributed by atoms with Crippen molar-refractivity contribution in [2.75, 3.05) is 13.2 Å². The van der Waals surface area contributed by atoms with Crippen molar-refractivity contribution in [1.82, 2.24) is 10.6 Å². The molecule has 1 aromatic carbocycles. The van der Waals surface area contributed by atoms with Crippen LogP contribution < -0.4 is 15.4 Å². The normalized spacial score (nSPS) is 10.7. The SMILES string of the molecule is CCCCNCc1ccc(OCC(=O)NC(C)(C)C)cc1.Cl. The van der Waals surface area contributed by atoms with E-state index in [0.29, 0.717) is 0 Å². The molecule has 4 nitrogen and oxygen atoms in total. The second-order valence-electron chi connectivity index (χ2n) is 6.26. The molecule has 0 atom stereocenters. The molecule has 0 aliphatic heterocycles. The maximum absolute atomic E-state index is 11.7. The Balaban J connectivity index is 0.00000441. The molecule has 0 aliphatic rings. The molecule has 22 heavy (non-hydrogen) atoms. The van der Waals surface area contributed by atoms with E-state index in [1.165, 1.54) is 18.4 Å². The highest BCUT2D eigenvalue weighted by Crippen LogP contribution is 2.12. The summed E-state index contributed by atoms with van der Waals surface area (Å²) >= 11 is 0. The first kappa shape index (κ1) is 20.7. The second-order valence-corrected chi connectivity index (χ2v) is 6.26. The minimum Gasteiger partial charge on any atom is -0.484 e. The maximum atomic E-state index is 11.7. The van der Waals surface area contributed by atoms with Crippen LogP contribution in [0.15, 0.2) is 24.3 Å². The molecule has 0 bridgehead atoms. The van der Waals surface area contributed by atoms with Crippen molar-refractivity contribution in [3.8, 4) is 5.75 Å². The lowest BCUT2D eigenvalue weighted by Gasteiger charge is -2.20. The highest BCUT2D eigenvalue weighted by molar-refractivity contribution is 5.85. The molecule has 0 aliphatic carbocycles. The lowest BCUT2D eigenvalue weighted by atomic mass is 10.1. The molecule has 5 heteroatoms. The Morgan fingerprint density at radius 3 is 2.36 bits per heavy atom. The van der Waals surface area contributed by atoms with Gasteiger partial charge < -0.3 is 15.4 Å². The van der Waals surface area contributed by atoms with Crippen molar-refractivity contribution in [1.29, 1.82) is 0 Å². The van der Waals surface area contributed by atoms with Crippen LogP contribution >= 0.6 is 12.4 Å². The van der Waals surface area contributed by atoms with E-state index in [1.807, 2.05) is 45.0 Å². The Kier molecular flexibility index (Phi) is 9.86. The van der Waals surface area contributed by atoms with Gasteiger partial charge in [-0.05, 0) is 51.4 Å². The smallest absolute Gasteiger partial charge is 0.258 e. The third-order valence-electron chi connectivity index (χ3n) is 2.84. The summed E-state index contributed by atoms with van der Waals surface area (Å²) in [5.41, 5.74) is 0.992. The number of amides is 1. The first-order chi connectivity index (χ1) is 9.90. The Labute approximate surface area is 140 Å². The Morgan fingerprint density at radius 2 is 1.82 bits per heavy atom. The highest BCUT2D eigenvalue weighted by Gasteiger charge is 2.13. The minimum atomic E-state index is -0.228. The standard InChI is InChI=1S/C17H28N2O2.ClH/c1-5-6-11-18-12-14-7-9-15(10-8-14)21-13-16(20)19-17(2,3)4;/h7-10,18H,5-6,11-13H2,1-4H3,(H,19,20);1H. The van der Waals surface area contributed by atoms with Crippen LogP contribution in [-0.4, -0.2) is 24.6 Å². The molecule has 0 fully saturated rings. The van der Waals surface area contributed by atoms with Gasteiger partial charge in [0.25, 0.3) is 5.91 Å². The first-order valence-corrected chi connectivity index (χ1v) is 7.64. The van der Waals surface area contributed by atoms with Gasteiger partial charge in [0.05, 0.1) is 0 Å². The van der Waals surface area contributed by atoms with Gasteiger partial charge in [0, 0.05) is 12.1 Å². The van der Waals surface area contributed by atoms with Gasteiger partial charge in [0.15, 0.2) is 6.61 Å². The van der Waals surface area contributed by atoms with Crippen LogP contribution in [0.1, 0.15) is 46.1 Å². The van der Waals surface area contributed by atoms with Crippen molar-refractivity contribution in [2.24, 2.45) is 0 Å². The van der Waals surface area contributed by atoms with E-state index in [9.17, 15) is 4.79 Å². The highest BCUT2D eigenvalue weighted by atomic mass is 35.5. The zero-order valence-electron chi connectivity index (χ0n) is 14.1. The minimum absolute atomic E-state index is 0. The summed E-state index contributed by atoms with van der Waals surface area (Å²) in [6.07, 6.45) is 2.40. The summed E-state index contributed by atoms with van der Waals surface area (Å²) in [5.74, 6) is 0.615. The number of carbonyl (C=O) groups excluding carboxylic acids is 1. The summed E-state index contributed by atoms with van der Waals surface area (Å²) in [6.45, 7) is 9.99. The average molecular weight is 329 g/mol. The number of hydrogen-bond acceptors (Lipinski definition) is 3. The molecule has 0 aromatic heterocycles. The molecular weight excluding hydrogens is 300 g/mol. The van der Waals surface area contributed by atoms with Gasteiger partial charge in [0.1, 0.15) is 5.75 Å². The number of carbonyl (C=O) groups is 1. The van der Waals surface area contributed by atoms with Gasteiger partial charge in [-0.25, -0.2) is 0 Å². The van der Waals surface area contributed by atoms with Crippen molar-refractivity contribution in [3.63, 3.8) is 0 Å². The number of rotatable bonds is 8. The third kappa shape index (κ3) is 9.64. The molecule has 0 spiro atoms. The predicted octanol–water partition coefficient (Wildman–Crippen LogP) is 3.29. The van der Waals surface area contributed by atoms with Crippen LogP contribution in [0.25, 0.3) is 0 Å². The van der Waals surface area contributed by atoms with Crippen LogP contribution in [0.3, 0.4) is 0 Å². The molecule has 1 rings (SSSR count). The van der Waals surface area contributed by atoms with Crippen molar-refractivity contribution < 1.29 is 9.53 Å². The lowest BCUT2D eigenvalue weighted by molar-refractivity contribution is -0.124. The summed E-state index contributed by atoms with van der Waals surface area (Å²) in [6, 6.07) is 7.86. The van der Waals surface area contributed by atoms with E-state index >= 15 is 0 Å². The van der Waals surface area contributed by atoms with E-state index in [2.05, 4.69) is 17.6 Å². The van der Waals surface area contributed by atoms with Crippen LogP contribution in [0.5, 0.6) is 5.75 Å². The summed E-state index contributed by atoms with van der Waals surface area (Å²) in [5, 5.41) is 6.26. The average Bonchev–Trinajstić information content (AvgIpc) is 2.41. The molecular formula is C17H29ClN2O2. The number of unbranched alkanes of at least 4 members (excludes halogenated alkanes) is 1. The molecule has 126 valence electrons. The van der Waals surface area contributed by atoms with Crippen molar-refractivity contribution >= 4 is 18.3 Å². The van der Waals surface area contributed by atoms with Gasteiger partial charge in [-0.3, -0.25) is 4.79 Å². The van der Waals surface area contributed by atoms with Gasteiger partial charge >= 0.3 is 0 Å². The number of halogens is 1. The molecule has 2 N–H and O–H groups in total. The Bertz CT molecular complexity index is 427. The van der Waals surface area contributed by atoms with E-state index < -0.39 is 0 Å². The van der Waals surface area contributed by atoms with Gasteiger partial charge in [-0.15, -0.1) is 12.4 Å². The summed E-state index contributed by atoms with van der Waals surface area (Å²) < 4.78 is 5.48. The van der Waals surface area contributed by atoms with E-state index in [4.69, 9.17) is 4.74 Å². The Hall–Kier alpha value is -1.26. The van der Waals surface area contributed by atoms with E-state index in [0.717, 1.165) is 18.8 Å². The van der Waals surface area contributed by atoms with Gasteiger partial charge in [-0.1, -0.05) is 25.5 Å².